The molecule has 33 heavy (non-hydrogen) atoms. The minimum Gasteiger partial charge on any atom is -0.343 e. The highest BCUT2D eigenvalue weighted by Crippen LogP contribution is 2.29. The number of benzene rings is 3. The molecule has 166 valence electrons. The van der Waals surface area contributed by atoms with Gasteiger partial charge in [0.05, 0.1) is 26.6 Å². The highest BCUT2D eigenvalue weighted by molar-refractivity contribution is 7.17. The summed E-state index contributed by atoms with van der Waals surface area (Å²) in [7, 11) is 0. The van der Waals surface area contributed by atoms with E-state index in [-0.39, 0.29) is 10.6 Å². The molecule has 0 saturated heterocycles. The van der Waals surface area contributed by atoms with Crippen LogP contribution in [0.15, 0.2) is 66.9 Å². The van der Waals surface area contributed by atoms with Crippen LogP contribution in [0.3, 0.4) is 0 Å². The lowest BCUT2D eigenvalue weighted by molar-refractivity contribution is -0.671. The Morgan fingerprint density at radius 2 is 1.82 bits per heavy atom. The lowest BCUT2D eigenvalue weighted by atomic mass is 10.1. The van der Waals surface area contributed by atoms with E-state index >= 15 is 0 Å². The van der Waals surface area contributed by atoms with E-state index in [4.69, 9.17) is 0 Å². The van der Waals surface area contributed by atoms with E-state index in [1.807, 2.05) is 21.5 Å². The number of hydrogen-bond acceptors (Lipinski definition) is 6. The first kappa shape index (κ1) is 21.0. The molecule has 0 aliphatic carbocycles. The Bertz CT molecular complexity index is 1470. The Balaban J connectivity index is 1.75. The lowest BCUT2D eigenvalue weighted by Gasteiger charge is -2.22. The van der Waals surface area contributed by atoms with Gasteiger partial charge in [-0.15, -0.1) is 4.68 Å². The summed E-state index contributed by atoms with van der Waals surface area (Å²) in [6.45, 7) is 7.22. The molecule has 0 bridgehead atoms. The number of non-ortho nitro benzene ring substituents is 1. The third-order valence-corrected chi connectivity index (χ3v) is 6.71. The van der Waals surface area contributed by atoms with Gasteiger partial charge in [0.15, 0.2) is 0 Å². The summed E-state index contributed by atoms with van der Waals surface area (Å²) in [6, 6.07) is 19.3. The lowest BCUT2D eigenvalue weighted by Crippen LogP contribution is -2.39. The molecule has 0 saturated carbocycles. The van der Waals surface area contributed by atoms with Crippen molar-refractivity contribution in [2.75, 3.05) is 11.4 Å². The Kier molecular flexibility index (Phi) is 5.26. The van der Waals surface area contributed by atoms with Gasteiger partial charge in [0.25, 0.3) is 5.69 Å². The number of nitro groups is 1. The van der Waals surface area contributed by atoms with Crippen molar-refractivity contribution < 1.29 is 9.61 Å². The first-order valence-corrected chi connectivity index (χ1v) is 11.6. The van der Waals surface area contributed by atoms with Crippen molar-refractivity contribution in [2.45, 2.75) is 26.8 Å². The largest absolute Gasteiger partial charge is 0.435 e. The topological polar surface area (TPSA) is 81.0 Å². The zero-order valence-corrected chi connectivity index (χ0v) is 19.4. The molecule has 0 unspecified atom stereocenters. The SMILES string of the molecule is CCN(c1nnc(-[n+]2cc3c4ccccc4ccc3n2-c2ccc([N+](=O)[O-])cc2)s1)C(C)C. The standard InChI is InChI=1S/C24H23N6O2S/c1-4-27(16(2)3)23-25-26-24(33-23)28-15-21-20-8-6-5-7-17(20)9-14-22(21)29(28)18-10-12-19(13-11-18)30(31)32/h5-16H,4H2,1-3H3/q+1. The molecule has 0 spiro atoms. The maximum Gasteiger partial charge on any atom is 0.435 e. The van der Waals surface area contributed by atoms with Crippen molar-refractivity contribution in [2.24, 2.45) is 0 Å². The zero-order valence-electron chi connectivity index (χ0n) is 18.5. The van der Waals surface area contributed by atoms with Gasteiger partial charge >= 0.3 is 5.13 Å². The van der Waals surface area contributed by atoms with E-state index in [1.54, 1.807) is 12.1 Å². The zero-order chi connectivity index (χ0) is 23.1. The molecule has 0 aliphatic heterocycles. The number of fused-ring (bicyclic) bond motifs is 3. The predicted molar refractivity (Wildman–Crippen MR) is 131 cm³/mol. The summed E-state index contributed by atoms with van der Waals surface area (Å²) in [6.07, 6.45) is 2.06. The first-order chi connectivity index (χ1) is 16.0. The van der Waals surface area contributed by atoms with Gasteiger partial charge in [0, 0.05) is 24.7 Å². The van der Waals surface area contributed by atoms with Crippen LogP contribution in [0.1, 0.15) is 20.8 Å². The van der Waals surface area contributed by atoms with Gasteiger partial charge in [0.2, 0.25) is 5.13 Å². The third kappa shape index (κ3) is 3.60. The summed E-state index contributed by atoms with van der Waals surface area (Å²) >= 11 is 1.52. The molecular weight excluding hydrogens is 436 g/mol. The highest BCUT2D eigenvalue weighted by atomic mass is 32.1. The van der Waals surface area contributed by atoms with Crippen LogP contribution in [-0.2, 0) is 0 Å². The van der Waals surface area contributed by atoms with Crippen molar-refractivity contribution in [3.05, 3.63) is 77.0 Å². The monoisotopic (exact) mass is 459 g/mol. The number of nitro benzene ring substituents is 1. The molecule has 9 heteroatoms. The number of aromatic nitrogens is 4. The van der Waals surface area contributed by atoms with Gasteiger partial charge in [-0.1, -0.05) is 30.3 Å². The predicted octanol–water partition coefficient (Wildman–Crippen LogP) is 5.05. The Hall–Kier alpha value is -3.85. The minimum absolute atomic E-state index is 0.0564. The van der Waals surface area contributed by atoms with E-state index < -0.39 is 0 Å². The van der Waals surface area contributed by atoms with E-state index in [0.29, 0.717) is 6.04 Å². The molecule has 8 nitrogen and oxygen atoms in total. The fourth-order valence-electron chi connectivity index (χ4n) is 4.16. The molecule has 0 N–H and O–H groups in total. The van der Waals surface area contributed by atoms with Gasteiger partial charge in [-0.3, -0.25) is 10.1 Å². The van der Waals surface area contributed by atoms with Crippen molar-refractivity contribution in [3.63, 3.8) is 0 Å². The van der Waals surface area contributed by atoms with Crippen LogP contribution in [0.25, 0.3) is 32.5 Å². The molecule has 2 aromatic heterocycles. The molecule has 0 atom stereocenters. The molecular formula is C24H23N6O2S+. The molecule has 0 aliphatic rings. The normalized spacial score (nSPS) is 11.5. The van der Waals surface area contributed by atoms with Crippen LogP contribution >= 0.6 is 11.3 Å². The van der Waals surface area contributed by atoms with Crippen LogP contribution in [-0.4, -0.2) is 32.4 Å². The second-order valence-electron chi connectivity index (χ2n) is 8.03. The summed E-state index contributed by atoms with van der Waals surface area (Å²) in [5.41, 5.74) is 1.84. The molecule has 0 fully saturated rings. The highest BCUT2D eigenvalue weighted by Gasteiger charge is 2.26. The van der Waals surface area contributed by atoms with Gasteiger partial charge in [-0.05, 0) is 66.2 Å². The van der Waals surface area contributed by atoms with Gasteiger partial charge in [-0.25, -0.2) is 0 Å². The van der Waals surface area contributed by atoms with Crippen LogP contribution < -0.4 is 9.58 Å². The second-order valence-corrected chi connectivity index (χ2v) is 8.96. The van der Waals surface area contributed by atoms with Crippen molar-refractivity contribution >= 4 is 43.8 Å². The summed E-state index contributed by atoms with van der Waals surface area (Å²) < 4.78 is 4.01. The molecule has 2 heterocycles. The Morgan fingerprint density at radius 1 is 1.06 bits per heavy atom. The second kappa shape index (κ2) is 8.25. The van der Waals surface area contributed by atoms with E-state index in [9.17, 15) is 10.1 Å². The van der Waals surface area contributed by atoms with Crippen LogP contribution in [0, 0.1) is 10.1 Å². The number of nitrogens with zero attached hydrogens (tertiary/aromatic N) is 6. The maximum absolute atomic E-state index is 11.2. The minimum atomic E-state index is -0.388. The fourth-order valence-corrected chi connectivity index (χ4v) is 5.17. The van der Waals surface area contributed by atoms with Crippen molar-refractivity contribution in [1.82, 2.24) is 14.9 Å². The van der Waals surface area contributed by atoms with Crippen LogP contribution in [0.5, 0.6) is 0 Å². The number of anilines is 1. The fraction of sp³-hybridized carbons (Fsp3) is 0.208. The number of hydrogen-bond donors (Lipinski definition) is 0. The van der Waals surface area contributed by atoms with E-state index in [0.717, 1.165) is 44.2 Å². The van der Waals surface area contributed by atoms with Crippen LogP contribution in [0.2, 0.25) is 0 Å². The maximum atomic E-state index is 11.2. The molecule has 0 amide bonds. The van der Waals surface area contributed by atoms with E-state index in [1.165, 1.54) is 23.5 Å². The molecule has 5 rings (SSSR count). The smallest absolute Gasteiger partial charge is 0.343 e. The van der Waals surface area contributed by atoms with Crippen LogP contribution in [0.4, 0.5) is 10.8 Å². The first-order valence-electron chi connectivity index (χ1n) is 10.8. The average Bonchev–Trinajstić information content (AvgIpc) is 3.44. The third-order valence-electron chi connectivity index (χ3n) is 5.76. The summed E-state index contributed by atoms with van der Waals surface area (Å²) in [4.78, 5) is 13.0. The Labute approximate surface area is 194 Å². The summed E-state index contributed by atoms with van der Waals surface area (Å²) in [5, 5.41) is 25.1. The van der Waals surface area contributed by atoms with Gasteiger partial charge in [-0.2, -0.15) is 4.68 Å². The number of rotatable bonds is 6. The van der Waals surface area contributed by atoms with Crippen molar-refractivity contribution in [1.29, 1.82) is 0 Å². The quantitative estimate of drug-likeness (QED) is 0.202. The molecule has 0 radical (unpaired) electrons. The summed E-state index contributed by atoms with van der Waals surface area (Å²) in [5.74, 6) is 0. The van der Waals surface area contributed by atoms with E-state index in [2.05, 4.69) is 66.3 Å². The molecule has 5 aromatic rings. The van der Waals surface area contributed by atoms with Gasteiger partial charge in [0.1, 0.15) is 6.20 Å². The van der Waals surface area contributed by atoms with Crippen molar-refractivity contribution in [3.8, 4) is 10.8 Å². The average molecular weight is 460 g/mol. The van der Waals surface area contributed by atoms with Gasteiger partial charge < -0.3 is 4.90 Å². The Morgan fingerprint density at radius 3 is 2.52 bits per heavy atom. The molecule has 3 aromatic carbocycles.